The second-order valence-corrected chi connectivity index (χ2v) is 8.34. The Bertz CT molecular complexity index is 809. The van der Waals surface area contributed by atoms with Crippen LogP contribution in [-0.4, -0.2) is 36.5 Å². The average molecular weight is 388 g/mol. The molecule has 0 radical (unpaired) electrons. The van der Waals surface area contributed by atoms with Gasteiger partial charge in [-0.25, -0.2) is 4.79 Å². The van der Waals surface area contributed by atoms with Gasteiger partial charge < -0.3 is 9.64 Å². The molecule has 2 aromatic carbocycles. The van der Waals surface area contributed by atoms with Crippen molar-refractivity contribution in [3.63, 3.8) is 0 Å². The van der Waals surface area contributed by atoms with Crippen LogP contribution < -0.4 is 4.90 Å². The van der Waals surface area contributed by atoms with Crippen LogP contribution in [0.2, 0.25) is 0 Å². The Labute approximate surface area is 162 Å². The zero-order valence-electron chi connectivity index (χ0n) is 14.8. The minimum atomic E-state index is -0.464. The Morgan fingerprint density at radius 2 is 1.92 bits per heavy atom. The molecule has 0 saturated heterocycles. The largest absolute Gasteiger partial charge is 0.452 e. The van der Waals surface area contributed by atoms with Gasteiger partial charge in [-0.15, -0.1) is 23.5 Å². The maximum Gasteiger partial charge on any atom is 0.339 e. The summed E-state index contributed by atoms with van der Waals surface area (Å²) in [4.78, 5) is 28.8. The van der Waals surface area contributed by atoms with Crippen molar-refractivity contribution in [1.29, 1.82) is 0 Å². The number of fused-ring (bicyclic) bond motifs is 1. The first-order valence-corrected chi connectivity index (χ1v) is 10.6. The number of hydrogen-bond acceptors (Lipinski definition) is 5. The zero-order valence-corrected chi connectivity index (χ0v) is 16.4. The molecule has 1 heterocycles. The van der Waals surface area contributed by atoms with Gasteiger partial charge in [0.2, 0.25) is 0 Å². The van der Waals surface area contributed by atoms with Crippen LogP contribution in [0.5, 0.6) is 0 Å². The first-order valence-electron chi connectivity index (χ1n) is 8.46. The maximum absolute atomic E-state index is 12.7. The fourth-order valence-electron chi connectivity index (χ4n) is 2.84. The number of para-hydroxylation sites is 1. The minimum absolute atomic E-state index is 0.192. The normalized spacial score (nSPS) is 16.5. The van der Waals surface area contributed by atoms with Crippen molar-refractivity contribution >= 4 is 41.1 Å². The highest BCUT2D eigenvalue weighted by molar-refractivity contribution is 8.00. The van der Waals surface area contributed by atoms with Crippen LogP contribution in [0.15, 0.2) is 58.3 Å². The van der Waals surface area contributed by atoms with Crippen LogP contribution in [0, 0.1) is 0 Å². The summed E-state index contributed by atoms with van der Waals surface area (Å²) in [5, 5.41) is 0.435. The Morgan fingerprint density at radius 1 is 1.19 bits per heavy atom. The molecule has 136 valence electrons. The number of amides is 1. The molecule has 0 aromatic heterocycles. The molecule has 0 aliphatic carbocycles. The van der Waals surface area contributed by atoms with Crippen LogP contribution in [0.25, 0.3) is 0 Å². The van der Waals surface area contributed by atoms with Gasteiger partial charge in [0.15, 0.2) is 6.61 Å². The van der Waals surface area contributed by atoms with E-state index in [4.69, 9.17) is 4.74 Å². The van der Waals surface area contributed by atoms with E-state index in [1.807, 2.05) is 42.7 Å². The summed E-state index contributed by atoms with van der Waals surface area (Å²) in [5.74, 6) is -0.656. The van der Waals surface area contributed by atoms with Gasteiger partial charge in [0, 0.05) is 21.6 Å². The fourth-order valence-corrected chi connectivity index (χ4v) is 4.54. The standard InChI is InChI=1S/C20H21NO3S2/c1-14-11-12-21(16-8-4-6-10-18(16)26-14)19(22)13-24-20(23)15-7-3-5-9-17(15)25-2/h3-10,14H,11-13H2,1-2H3/t14-/m0/s1. The summed E-state index contributed by atoms with van der Waals surface area (Å²) in [5.41, 5.74) is 1.39. The van der Waals surface area contributed by atoms with Gasteiger partial charge in [-0.1, -0.05) is 31.2 Å². The number of benzene rings is 2. The molecule has 1 aliphatic rings. The van der Waals surface area contributed by atoms with Gasteiger partial charge in [-0.3, -0.25) is 4.79 Å². The molecule has 0 saturated carbocycles. The van der Waals surface area contributed by atoms with Crippen molar-refractivity contribution < 1.29 is 14.3 Å². The summed E-state index contributed by atoms with van der Waals surface area (Å²) in [7, 11) is 0. The first kappa shape index (κ1) is 18.9. The molecule has 6 heteroatoms. The molecule has 26 heavy (non-hydrogen) atoms. The van der Waals surface area contributed by atoms with E-state index in [0.717, 1.165) is 21.9 Å². The van der Waals surface area contributed by atoms with Crippen LogP contribution in [0.1, 0.15) is 23.7 Å². The molecule has 0 N–H and O–H groups in total. The van der Waals surface area contributed by atoms with E-state index >= 15 is 0 Å². The Kier molecular flexibility index (Phi) is 6.27. The molecular weight excluding hydrogens is 366 g/mol. The van der Waals surface area contributed by atoms with Gasteiger partial charge in [0.05, 0.1) is 11.3 Å². The Hall–Kier alpha value is -1.92. The number of carbonyl (C=O) groups is 2. The molecule has 0 spiro atoms. The molecule has 3 rings (SSSR count). The molecule has 0 bridgehead atoms. The van der Waals surface area contributed by atoms with Crippen LogP contribution in [0.4, 0.5) is 5.69 Å². The van der Waals surface area contributed by atoms with Crippen molar-refractivity contribution in [2.45, 2.75) is 28.4 Å². The number of rotatable bonds is 4. The SMILES string of the molecule is CSc1ccccc1C(=O)OCC(=O)N1CC[C@H](C)Sc2ccccc21. The lowest BCUT2D eigenvalue weighted by atomic mass is 10.2. The average Bonchev–Trinajstić information content (AvgIpc) is 2.84. The topological polar surface area (TPSA) is 46.6 Å². The van der Waals surface area contributed by atoms with Crippen LogP contribution in [0.3, 0.4) is 0 Å². The van der Waals surface area contributed by atoms with Crippen molar-refractivity contribution in [2.75, 3.05) is 24.3 Å². The van der Waals surface area contributed by atoms with Crippen molar-refractivity contribution in [1.82, 2.24) is 0 Å². The number of anilines is 1. The van der Waals surface area contributed by atoms with Gasteiger partial charge in [0.1, 0.15) is 0 Å². The maximum atomic E-state index is 12.7. The lowest BCUT2D eigenvalue weighted by Crippen LogP contribution is -2.35. The van der Waals surface area contributed by atoms with Crippen molar-refractivity contribution in [2.24, 2.45) is 0 Å². The lowest BCUT2D eigenvalue weighted by Gasteiger charge is -2.22. The highest BCUT2D eigenvalue weighted by Crippen LogP contribution is 2.37. The molecule has 1 amide bonds. The molecule has 2 aromatic rings. The zero-order chi connectivity index (χ0) is 18.5. The number of thioether (sulfide) groups is 2. The molecule has 1 aliphatic heterocycles. The summed E-state index contributed by atoms with van der Waals surface area (Å²) in [6.45, 7) is 2.53. The highest BCUT2D eigenvalue weighted by Gasteiger charge is 2.25. The predicted octanol–water partition coefficient (Wildman–Crippen LogP) is 4.48. The van der Waals surface area contributed by atoms with E-state index in [1.165, 1.54) is 11.8 Å². The number of ether oxygens (including phenoxy) is 1. The fraction of sp³-hybridized carbons (Fsp3) is 0.300. The molecule has 0 fully saturated rings. The summed E-state index contributed by atoms with van der Waals surface area (Å²) in [6.07, 6.45) is 2.80. The van der Waals surface area contributed by atoms with Gasteiger partial charge in [-0.05, 0) is 36.9 Å². The summed E-state index contributed by atoms with van der Waals surface area (Å²) < 4.78 is 5.32. The predicted molar refractivity (Wildman–Crippen MR) is 107 cm³/mol. The second kappa shape index (κ2) is 8.64. The van der Waals surface area contributed by atoms with E-state index in [1.54, 1.807) is 28.8 Å². The highest BCUT2D eigenvalue weighted by atomic mass is 32.2. The van der Waals surface area contributed by atoms with E-state index in [0.29, 0.717) is 17.4 Å². The number of carbonyl (C=O) groups excluding carboxylic acids is 2. The smallest absolute Gasteiger partial charge is 0.339 e. The summed E-state index contributed by atoms with van der Waals surface area (Å²) >= 11 is 3.26. The van der Waals surface area contributed by atoms with Crippen LogP contribution >= 0.6 is 23.5 Å². The van der Waals surface area contributed by atoms with Crippen LogP contribution in [-0.2, 0) is 9.53 Å². The third-order valence-corrected chi connectivity index (χ3v) is 6.23. The van der Waals surface area contributed by atoms with E-state index in [-0.39, 0.29) is 12.5 Å². The third-order valence-electron chi connectivity index (χ3n) is 4.20. The Morgan fingerprint density at radius 3 is 2.73 bits per heavy atom. The molecule has 4 nitrogen and oxygen atoms in total. The van der Waals surface area contributed by atoms with Gasteiger partial charge >= 0.3 is 5.97 Å². The van der Waals surface area contributed by atoms with Crippen molar-refractivity contribution in [3.05, 3.63) is 54.1 Å². The van der Waals surface area contributed by atoms with E-state index in [9.17, 15) is 9.59 Å². The molecule has 0 unspecified atom stereocenters. The first-order chi connectivity index (χ1) is 12.6. The monoisotopic (exact) mass is 387 g/mol. The lowest BCUT2D eigenvalue weighted by molar-refractivity contribution is -0.121. The number of esters is 1. The second-order valence-electron chi connectivity index (χ2n) is 6.01. The van der Waals surface area contributed by atoms with Gasteiger partial charge in [-0.2, -0.15) is 0 Å². The third kappa shape index (κ3) is 4.24. The number of hydrogen-bond donors (Lipinski definition) is 0. The Balaban J connectivity index is 1.71. The number of nitrogens with zero attached hydrogens (tertiary/aromatic N) is 1. The van der Waals surface area contributed by atoms with E-state index < -0.39 is 5.97 Å². The van der Waals surface area contributed by atoms with E-state index in [2.05, 4.69) is 6.92 Å². The van der Waals surface area contributed by atoms with Crippen molar-refractivity contribution in [3.8, 4) is 0 Å². The quantitative estimate of drug-likeness (QED) is 0.572. The summed E-state index contributed by atoms with van der Waals surface area (Å²) in [6, 6.07) is 15.1. The minimum Gasteiger partial charge on any atom is -0.452 e. The molecule has 1 atom stereocenters. The van der Waals surface area contributed by atoms with Gasteiger partial charge in [0.25, 0.3) is 5.91 Å². The molecular formula is C20H21NO3S2.